The molecular formula is C17H24FNO2. The van der Waals surface area contributed by atoms with Crippen LogP contribution in [0.15, 0.2) is 24.3 Å². The molecule has 0 aliphatic carbocycles. The topological polar surface area (TPSA) is 40.5 Å². The number of rotatable bonds is 5. The second kappa shape index (κ2) is 7.03. The molecule has 1 aliphatic heterocycles. The number of hydrogen-bond acceptors (Lipinski definition) is 2. The third kappa shape index (κ3) is 4.03. The van der Waals surface area contributed by atoms with E-state index in [9.17, 15) is 14.3 Å². The van der Waals surface area contributed by atoms with E-state index in [1.165, 1.54) is 12.1 Å². The molecule has 4 heteroatoms. The predicted molar refractivity (Wildman–Crippen MR) is 80.3 cm³/mol. The number of piperidine rings is 1. The Hall–Kier alpha value is -1.42. The number of amides is 1. The number of aliphatic hydroxyl groups excluding tert-OH is 1. The van der Waals surface area contributed by atoms with Gasteiger partial charge in [0.25, 0.3) is 0 Å². The second-order valence-electron chi connectivity index (χ2n) is 6.02. The van der Waals surface area contributed by atoms with Crippen LogP contribution >= 0.6 is 0 Å². The first kappa shape index (κ1) is 16.0. The zero-order chi connectivity index (χ0) is 15.3. The van der Waals surface area contributed by atoms with E-state index in [2.05, 4.69) is 6.92 Å². The minimum absolute atomic E-state index is 0.00768. The minimum atomic E-state index is -0.249. The van der Waals surface area contributed by atoms with Crippen molar-refractivity contribution in [1.82, 2.24) is 4.90 Å². The van der Waals surface area contributed by atoms with Gasteiger partial charge in [0.1, 0.15) is 5.82 Å². The summed E-state index contributed by atoms with van der Waals surface area (Å²) < 4.78 is 12.8. The molecule has 0 atom stereocenters. The Bertz CT molecular complexity index is 458. The number of carbonyl (C=O) groups is 1. The molecule has 2 rings (SSSR count). The summed E-state index contributed by atoms with van der Waals surface area (Å²) in [4.78, 5) is 14.1. The fraction of sp³-hybridized carbons (Fsp3) is 0.588. The Morgan fingerprint density at radius 1 is 1.29 bits per heavy atom. The van der Waals surface area contributed by atoms with Crippen LogP contribution in [-0.2, 0) is 11.2 Å². The number of carbonyl (C=O) groups excluding carboxylic acids is 1. The number of aryl methyl sites for hydroxylation is 1. The van der Waals surface area contributed by atoms with Crippen LogP contribution in [0.5, 0.6) is 0 Å². The second-order valence-corrected chi connectivity index (χ2v) is 6.02. The summed E-state index contributed by atoms with van der Waals surface area (Å²) >= 11 is 0. The van der Waals surface area contributed by atoms with Crippen molar-refractivity contribution in [2.45, 2.75) is 39.0 Å². The lowest BCUT2D eigenvalue weighted by Crippen LogP contribution is -2.44. The lowest BCUT2D eigenvalue weighted by atomic mass is 9.77. The van der Waals surface area contributed by atoms with Gasteiger partial charge in [-0.15, -0.1) is 0 Å². The first-order chi connectivity index (χ1) is 10.1. The highest BCUT2D eigenvalue weighted by Gasteiger charge is 2.33. The van der Waals surface area contributed by atoms with Crippen molar-refractivity contribution in [3.05, 3.63) is 35.6 Å². The summed E-state index contributed by atoms with van der Waals surface area (Å²) in [7, 11) is 0. The number of hydrogen-bond donors (Lipinski definition) is 1. The van der Waals surface area contributed by atoms with E-state index in [1.54, 1.807) is 12.1 Å². The molecule has 1 saturated heterocycles. The molecule has 1 aromatic carbocycles. The molecule has 3 nitrogen and oxygen atoms in total. The molecule has 1 fully saturated rings. The Balaban J connectivity index is 1.81. The van der Waals surface area contributed by atoms with Gasteiger partial charge in [-0.3, -0.25) is 4.79 Å². The average molecular weight is 293 g/mol. The van der Waals surface area contributed by atoms with E-state index >= 15 is 0 Å². The van der Waals surface area contributed by atoms with Gasteiger partial charge in [-0.2, -0.15) is 0 Å². The van der Waals surface area contributed by atoms with Gasteiger partial charge in [0.05, 0.1) is 0 Å². The molecule has 0 unspecified atom stereocenters. The summed E-state index contributed by atoms with van der Waals surface area (Å²) in [6, 6.07) is 6.31. The number of nitrogens with zero attached hydrogens (tertiary/aromatic N) is 1. The summed E-state index contributed by atoms with van der Waals surface area (Å²) in [5.41, 5.74) is 0.994. The van der Waals surface area contributed by atoms with E-state index in [1.807, 2.05) is 4.90 Å². The Kier molecular flexibility index (Phi) is 5.34. The molecule has 21 heavy (non-hydrogen) atoms. The Morgan fingerprint density at radius 3 is 2.43 bits per heavy atom. The maximum Gasteiger partial charge on any atom is 0.222 e. The lowest BCUT2D eigenvalue weighted by Gasteiger charge is -2.40. The van der Waals surface area contributed by atoms with Gasteiger partial charge in [-0.1, -0.05) is 19.1 Å². The van der Waals surface area contributed by atoms with Gasteiger partial charge >= 0.3 is 0 Å². The quantitative estimate of drug-likeness (QED) is 0.907. The monoisotopic (exact) mass is 293 g/mol. The molecule has 1 N–H and O–H groups in total. The molecule has 0 radical (unpaired) electrons. The highest BCUT2D eigenvalue weighted by atomic mass is 19.1. The number of halogens is 1. The van der Waals surface area contributed by atoms with Gasteiger partial charge < -0.3 is 10.0 Å². The summed E-state index contributed by atoms with van der Waals surface area (Å²) in [6.45, 7) is 3.77. The fourth-order valence-electron chi connectivity index (χ4n) is 2.91. The molecular weight excluding hydrogens is 269 g/mol. The van der Waals surface area contributed by atoms with Crippen LogP contribution in [0.3, 0.4) is 0 Å². The summed E-state index contributed by atoms with van der Waals surface area (Å²) in [6.07, 6.45) is 3.82. The lowest BCUT2D eigenvalue weighted by molar-refractivity contribution is -0.134. The number of benzene rings is 1. The van der Waals surface area contributed by atoms with Crippen molar-refractivity contribution < 1.29 is 14.3 Å². The zero-order valence-electron chi connectivity index (χ0n) is 12.6. The molecule has 1 amide bonds. The third-order valence-corrected chi connectivity index (χ3v) is 4.80. The highest BCUT2D eigenvalue weighted by molar-refractivity contribution is 5.76. The van der Waals surface area contributed by atoms with Crippen molar-refractivity contribution in [3.8, 4) is 0 Å². The van der Waals surface area contributed by atoms with Crippen molar-refractivity contribution in [3.63, 3.8) is 0 Å². The summed E-state index contributed by atoms with van der Waals surface area (Å²) in [5.74, 6) is -0.0945. The molecule has 1 aliphatic rings. The van der Waals surface area contributed by atoms with Crippen LogP contribution in [0.1, 0.15) is 38.2 Å². The molecule has 0 bridgehead atoms. The molecule has 0 aromatic heterocycles. The van der Waals surface area contributed by atoms with Crippen LogP contribution in [0.2, 0.25) is 0 Å². The highest BCUT2D eigenvalue weighted by Crippen LogP contribution is 2.34. The maximum atomic E-state index is 12.8. The number of likely N-dealkylation sites (tertiary alicyclic amines) is 1. The van der Waals surface area contributed by atoms with Gasteiger partial charge in [0.2, 0.25) is 5.91 Å². The zero-order valence-corrected chi connectivity index (χ0v) is 12.6. The van der Waals surface area contributed by atoms with Crippen molar-refractivity contribution in [2.75, 3.05) is 19.7 Å². The van der Waals surface area contributed by atoms with Crippen LogP contribution in [-0.4, -0.2) is 35.6 Å². The van der Waals surface area contributed by atoms with E-state index in [0.29, 0.717) is 12.8 Å². The average Bonchev–Trinajstić information content (AvgIpc) is 2.54. The largest absolute Gasteiger partial charge is 0.396 e. The van der Waals surface area contributed by atoms with E-state index in [0.717, 1.165) is 37.9 Å². The Morgan fingerprint density at radius 2 is 1.90 bits per heavy atom. The molecule has 0 spiro atoms. The first-order valence-corrected chi connectivity index (χ1v) is 7.72. The van der Waals surface area contributed by atoms with Gasteiger partial charge in [0, 0.05) is 26.1 Å². The minimum Gasteiger partial charge on any atom is -0.396 e. The van der Waals surface area contributed by atoms with Crippen molar-refractivity contribution in [2.24, 2.45) is 5.41 Å². The third-order valence-electron chi connectivity index (χ3n) is 4.80. The van der Waals surface area contributed by atoms with E-state index < -0.39 is 0 Å². The molecule has 116 valence electrons. The van der Waals surface area contributed by atoms with E-state index in [4.69, 9.17) is 0 Å². The maximum absolute atomic E-state index is 12.8. The van der Waals surface area contributed by atoms with Crippen LogP contribution in [0.4, 0.5) is 4.39 Å². The van der Waals surface area contributed by atoms with E-state index in [-0.39, 0.29) is 23.7 Å². The predicted octanol–water partition coefficient (Wildman–Crippen LogP) is 2.77. The van der Waals surface area contributed by atoms with Crippen LogP contribution < -0.4 is 0 Å². The van der Waals surface area contributed by atoms with Crippen molar-refractivity contribution in [1.29, 1.82) is 0 Å². The van der Waals surface area contributed by atoms with Gasteiger partial charge in [-0.05, 0) is 48.8 Å². The Labute approximate surface area is 125 Å². The normalized spacial score (nSPS) is 17.8. The van der Waals surface area contributed by atoms with Crippen LogP contribution in [0, 0.1) is 11.2 Å². The van der Waals surface area contributed by atoms with Gasteiger partial charge in [0.15, 0.2) is 0 Å². The number of aliphatic hydroxyl groups is 1. The van der Waals surface area contributed by atoms with Crippen molar-refractivity contribution >= 4 is 5.91 Å². The molecule has 0 saturated carbocycles. The molecule has 1 aromatic rings. The standard InChI is InChI=1S/C17H24FNO2/c1-2-17(13-20)9-11-19(12-10-17)16(21)8-5-14-3-6-15(18)7-4-14/h3-4,6-7,20H,2,5,8-13H2,1H3. The summed E-state index contributed by atoms with van der Waals surface area (Å²) in [5, 5.41) is 9.51. The fourth-order valence-corrected chi connectivity index (χ4v) is 2.91. The smallest absolute Gasteiger partial charge is 0.222 e. The van der Waals surface area contributed by atoms with Gasteiger partial charge in [-0.25, -0.2) is 4.39 Å². The SMILES string of the molecule is CCC1(CO)CCN(C(=O)CCc2ccc(F)cc2)CC1. The van der Waals surface area contributed by atoms with Crippen LogP contribution in [0.25, 0.3) is 0 Å². The first-order valence-electron chi connectivity index (χ1n) is 7.72. The molecule has 1 heterocycles.